The first kappa shape index (κ1) is 16.1. The Bertz CT molecular complexity index is 601. The molecule has 22 heavy (non-hydrogen) atoms. The van der Waals surface area contributed by atoms with Crippen molar-refractivity contribution in [2.24, 2.45) is 0 Å². The van der Waals surface area contributed by atoms with Crippen molar-refractivity contribution in [1.29, 1.82) is 0 Å². The molecule has 0 aliphatic carbocycles. The third-order valence-corrected chi connectivity index (χ3v) is 4.13. The minimum Gasteiger partial charge on any atom is -0.346 e. The van der Waals surface area contributed by atoms with Crippen LogP contribution in [0.15, 0.2) is 42.7 Å². The van der Waals surface area contributed by atoms with Gasteiger partial charge in [-0.25, -0.2) is 0 Å². The SMILES string of the molecule is CC(SCc1ccccc1)C(=O)NCC(=O)Nc1cn[nH]c1. The highest BCUT2D eigenvalue weighted by Crippen LogP contribution is 2.17. The van der Waals surface area contributed by atoms with Gasteiger partial charge in [-0.15, -0.1) is 11.8 Å². The molecule has 0 fully saturated rings. The van der Waals surface area contributed by atoms with Crippen molar-refractivity contribution < 1.29 is 9.59 Å². The topological polar surface area (TPSA) is 86.9 Å². The van der Waals surface area contributed by atoms with E-state index in [2.05, 4.69) is 20.8 Å². The quantitative estimate of drug-likeness (QED) is 0.726. The van der Waals surface area contributed by atoms with Gasteiger partial charge in [0.25, 0.3) is 0 Å². The lowest BCUT2D eigenvalue weighted by molar-refractivity contribution is -0.123. The van der Waals surface area contributed by atoms with Crippen LogP contribution in [0.25, 0.3) is 0 Å². The van der Waals surface area contributed by atoms with E-state index in [1.54, 1.807) is 6.20 Å². The van der Waals surface area contributed by atoms with Gasteiger partial charge in [-0.2, -0.15) is 5.10 Å². The van der Waals surface area contributed by atoms with E-state index in [0.717, 1.165) is 5.75 Å². The molecule has 0 saturated carbocycles. The van der Waals surface area contributed by atoms with Crippen LogP contribution in [-0.4, -0.2) is 33.8 Å². The van der Waals surface area contributed by atoms with Crippen molar-refractivity contribution in [2.75, 3.05) is 11.9 Å². The Labute approximate surface area is 133 Å². The molecule has 1 aromatic heterocycles. The number of rotatable bonds is 7. The molecular formula is C15H18N4O2S. The maximum absolute atomic E-state index is 11.9. The Balaban J connectivity index is 1.68. The van der Waals surface area contributed by atoms with Gasteiger partial charge in [0.05, 0.1) is 23.7 Å². The van der Waals surface area contributed by atoms with Crippen LogP contribution in [0.5, 0.6) is 0 Å². The number of hydrogen-bond acceptors (Lipinski definition) is 4. The highest BCUT2D eigenvalue weighted by atomic mass is 32.2. The van der Waals surface area contributed by atoms with Crippen LogP contribution in [0.2, 0.25) is 0 Å². The molecular weight excluding hydrogens is 300 g/mol. The number of nitrogens with zero attached hydrogens (tertiary/aromatic N) is 1. The predicted molar refractivity (Wildman–Crippen MR) is 87.4 cm³/mol. The number of benzene rings is 1. The maximum Gasteiger partial charge on any atom is 0.243 e. The van der Waals surface area contributed by atoms with Crippen LogP contribution in [0.3, 0.4) is 0 Å². The molecule has 1 atom stereocenters. The molecule has 1 aromatic carbocycles. The number of hydrogen-bond donors (Lipinski definition) is 3. The molecule has 0 radical (unpaired) electrons. The van der Waals surface area contributed by atoms with Gasteiger partial charge in [-0.1, -0.05) is 30.3 Å². The molecule has 116 valence electrons. The lowest BCUT2D eigenvalue weighted by Gasteiger charge is -2.11. The maximum atomic E-state index is 11.9. The Morgan fingerprint density at radius 3 is 2.77 bits per heavy atom. The number of nitrogens with one attached hydrogen (secondary N) is 3. The summed E-state index contributed by atoms with van der Waals surface area (Å²) in [6, 6.07) is 9.95. The molecule has 0 aliphatic rings. The summed E-state index contributed by atoms with van der Waals surface area (Å²) >= 11 is 1.54. The Morgan fingerprint density at radius 2 is 2.09 bits per heavy atom. The van der Waals surface area contributed by atoms with Crippen molar-refractivity contribution in [2.45, 2.75) is 17.9 Å². The van der Waals surface area contributed by atoms with E-state index in [9.17, 15) is 9.59 Å². The van der Waals surface area contributed by atoms with E-state index < -0.39 is 0 Å². The fourth-order valence-electron chi connectivity index (χ4n) is 1.71. The molecule has 3 N–H and O–H groups in total. The van der Waals surface area contributed by atoms with Crippen LogP contribution in [-0.2, 0) is 15.3 Å². The summed E-state index contributed by atoms with van der Waals surface area (Å²) < 4.78 is 0. The fourth-order valence-corrected chi connectivity index (χ4v) is 2.58. The Kier molecular flexibility index (Phi) is 6.02. The van der Waals surface area contributed by atoms with Crippen LogP contribution in [0.1, 0.15) is 12.5 Å². The van der Waals surface area contributed by atoms with Gasteiger partial charge in [0.15, 0.2) is 0 Å². The number of carbonyl (C=O) groups is 2. The van der Waals surface area contributed by atoms with Gasteiger partial charge in [-0.05, 0) is 12.5 Å². The lowest BCUT2D eigenvalue weighted by atomic mass is 10.2. The summed E-state index contributed by atoms with van der Waals surface area (Å²) in [5, 5.41) is 11.3. The van der Waals surface area contributed by atoms with E-state index in [-0.39, 0.29) is 23.6 Å². The lowest BCUT2D eigenvalue weighted by Crippen LogP contribution is -2.37. The van der Waals surface area contributed by atoms with Crippen molar-refractivity contribution in [3.63, 3.8) is 0 Å². The Morgan fingerprint density at radius 1 is 1.32 bits per heavy atom. The van der Waals surface area contributed by atoms with Crippen LogP contribution in [0, 0.1) is 0 Å². The van der Waals surface area contributed by atoms with E-state index in [4.69, 9.17) is 0 Å². The van der Waals surface area contributed by atoms with Crippen molar-refractivity contribution in [3.05, 3.63) is 48.3 Å². The number of aromatic amines is 1. The molecule has 0 aliphatic heterocycles. The summed E-state index contributed by atoms with van der Waals surface area (Å²) in [5.74, 6) is 0.328. The highest BCUT2D eigenvalue weighted by Gasteiger charge is 2.14. The number of carbonyl (C=O) groups excluding carboxylic acids is 2. The van der Waals surface area contributed by atoms with E-state index in [1.807, 2.05) is 37.3 Å². The van der Waals surface area contributed by atoms with E-state index >= 15 is 0 Å². The number of aromatic nitrogens is 2. The molecule has 2 rings (SSSR count). The highest BCUT2D eigenvalue weighted by molar-refractivity contribution is 7.99. The number of anilines is 1. The summed E-state index contributed by atoms with van der Waals surface area (Å²) in [4.78, 5) is 23.6. The molecule has 1 unspecified atom stereocenters. The summed E-state index contributed by atoms with van der Waals surface area (Å²) in [7, 11) is 0. The normalized spacial score (nSPS) is 11.7. The van der Waals surface area contributed by atoms with Gasteiger partial charge >= 0.3 is 0 Å². The first-order valence-electron chi connectivity index (χ1n) is 6.87. The van der Waals surface area contributed by atoms with Crippen molar-refractivity contribution >= 4 is 29.3 Å². The average molecular weight is 318 g/mol. The van der Waals surface area contributed by atoms with Gasteiger partial charge in [0.2, 0.25) is 11.8 Å². The predicted octanol–water partition coefficient (Wildman–Crippen LogP) is 1.79. The van der Waals surface area contributed by atoms with E-state index in [1.165, 1.54) is 23.5 Å². The minimum absolute atomic E-state index is 0.0553. The standard InChI is InChI=1S/C15H18N4O2S/c1-11(22-10-12-5-3-2-4-6-12)15(21)16-9-14(20)19-13-7-17-18-8-13/h2-8,11H,9-10H2,1H3,(H,16,21)(H,17,18)(H,19,20). The van der Waals surface area contributed by atoms with Crippen molar-refractivity contribution in [3.8, 4) is 0 Å². The minimum atomic E-state index is -0.282. The molecule has 2 amide bonds. The second-order valence-electron chi connectivity index (χ2n) is 4.69. The van der Waals surface area contributed by atoms with Gasteiger partial charge < -0.3 is 10.6 Å². The third kappa shape index (κ3) is 5.25. The van der Waals surface area contributed by atoms with Gasteiger partial charge in [-0.3, -0.25) is 14.7 Å². The molecule has 7 heteroatoms. The Hall–Kier alpha value is -2.28. The summed E-state index contributed by atoms with van der Waals surface area (Å²) in [6.45, 7) is 1.77. The zero-order valence-electron chi connectivity index (χ0n) is 12.2. The fraction of sp³-hybridized carbons (Fsp3) is 0.267. The largest absolute Gasteiger partial charge is 0.346 e. The molecule has 1 heterocycles. The van der Waals surface area contributed by atoms with Crippen LogP contribution in [0.4, 0.5) is 5.69 Å². The molecule has 6 nitrogen and oxygen atoms in total. The second-order valence-corrected chi connectivity index (χ2v) is 6.02. The zero-order valence-corrected chi connectivity index (χ0v) is 13.0. The smallest absolute Gasteiger partial charge is 0.243 e. The average Bonchev–Trinajstić information content (AvgIpc) is 3.04. The summed E-state index contributed by atoms with van der Waals surface area (Å²) in [6.07, 6.45) is 3.07. The monoisotopic (exact) mass is 318 g/mol. The zero-order chi connectivity index (χ0) is 15.8. The van der Waals surface area contributed by atoms with E-state index in [0.29, 0.717) is 5.69 Å². The van der Waals surface area contributed by atoms with Gasteiger partial charge in [0.1, 0.15) is 0 Å². The van der Waals surface area contributed by atoms with Gasteiger partial charge in [0, 0.05) is 11.9 Å². The molecule has 0 spiro atoms. The number of thioether (sulfide) groups is 1. The van der Waals surface area contributed by atoms with Crippen molar-refractivity contribution in [1.82, 2.24) is 15.5 Å². The molecule has 0 bridgehead atoms. The number of H-pyrrole nitrogens is 1. The first-order valence-corrected chi connectivity index (χ1v) is 7.92. The molecule has 0 saturated heterocycles. The summed E-state index contributed by atoms with van der Waals surface area (Å²) in [5.41, 5.74) is 1.75. The third-order valence-electron chi connectivity index (χ3n) is 2.92. The van der Waals surface area contributed by atoms with Crippen LogP contribution >= 0.6 is 11.8 Å². The first-order chi connectivity index (χ1) is 10.6. The number of amides is 2. The molecule has 2 aromatic rings. The second kappa shape index (κ2) is 8.23. The van der Waals surface area contributed by atoms with Crippen LogP contribution < -0.4 is 10.6 Å².